The molecule has 0 aliphatic carbocycles. The van der Waals surface area contributed by atoms with Crippen molar-refractivity contribution in [2.75, 3.05) is 7.11 Å². The third kappa shape index (κ3) is 1.40. The van der Waals surface area contributed by atoms with E-state index < -0.39 is 0 Å². The summed E-state index contributed by atoms with van der Waals surface area (Å²) in [5.74, 6) is 0. The molecule has 0 spiro atoms. The van der Waals surface area contributed by atoms with E-state index in [9.17, 15) is 0 Å². The Hall–Kier alpha value is -1.90. The third-order valence-electron chi connectivity index (χ3n) is 1.24. The van der Waals surface area contributed by atoms with E-state index in [-0.39, 0.29) is 0 Å². The van der Waals surface area contributed by atoms with Gasteiger partial charge in [0.25, 0.3) is 0 Å². The normalized spacial score (nSPS) is 10.1. The highest BCUT2D eigenvalue weighted by Gasteiger charge is 2.06. The van der Waals surface area contributed by atoms with Crippen molar-refractivity contribution >= 4 is 6.21 Å². The predicted octanol–water partition coefficient (Wildman–Crippen LogP) is -0.333. The molecule has 0 N–H and O–H groups in total. The van der Waals surface area contributed by atoms with Crippen LogP contribution in [-0.4, -0.2) is 28.3 Å². The van der Waals surface area contributed by atoms with Gasteiger partial charge in [0.15, 0.2) is 5.69 Å². The first kappa shape index (κ1) is 8.20. The molecule has 6 heteroatoms. The molecule has 0 saturated carbocycles. The average Bonchev–Trinajstić information content (AvgIpc) is 2.43. The van der Waals surface area contributed by atoms with Gasteiger partial charge in [-0.1, -0.05) is 10.4 Å². The molecule has 0 bridgehead atoms. The van der Waals surface area contributed by atoms with Gasteiger partial charge in [-0.05, 0) is 0 Å². The number of aryl methyl sites for hydroxylation is 1. The van der Waals surface area contributed by atoms with Gasteiger partial charge in [0.1, 0.15) is 18.9 Å². The van der Waals surface area contributed by atoms with Crippen LogP contribution >= 0.6 is 0 Å². The molecule has 0 fully saturated rings. The van der Waals surface area contributed by atoms with E-state index in [2.05, 4.69) is 20.3 Å². The van der Waals surface area contributed by atoms with Crippen LogP contribution < -0.4 is 0 Å². The number of rotatable bonds is 2. The number of oxime groups is 1. The molecule has 0 atom stereocenters. The summed E-state index contributed by atoms with van der Waals surface area (Å²) in [6.07, 6.45) is 1.34. The zero-order chi connectivity index (χ0) is 8.97. The van der Waals surface area contributed by atoms with Crippen LogP contribution in [0.2, 0.25) is 0 Å². The van der Waals surface area contributed by atoms with Gasteiger partial charge >= 0.3 is 0 Å². The molecule has 0 saturated heterocycles. The predicted molar refractivity (Wildman–Crippen MR) is 40.3 cm³/mol. The lowest BCUT2D eigenvalue weighted by atomic mass is 10.3. The number of hydrogen-bond acceptors (Lipinski definition) is 5. The topological polar surface area (TPSA) is 76.1 Å². The fourth-order valence-corrected chi connectivity index (χ4v) is 0.692. The van der Waals surface area contributed by atoms with Gasteiger partial charge < -0.3 is 4.84 Å². The molecule has 0 aromatic carbocycles. The lowest BCUT2D eigenvalue weighted by molar-refractivity contribution is 0.215. The average molecular weight is 165 g/mol. The highest BCUT2D eigenvalue weighted by Crippen LogP contribution is 1.97. The van der Waals surface area contributed by atoms with Gasteiger partial charge in [0.2, 0.25) is 0 Å². The molecule has 12 heavy (non-hydrogen) atoms. The smallest absolute Gasteiger partial charge is 0.167 e. The van der Waals surface area contributed by atoms with E-state index in [1.807, 2.05) is 6.07 Å². The maximum Gasteiger partial charge on any atom is 0.167 e. The Morgan fingerprint density at radius 2 is 2.50 bits per heavy atom. The Kier molecular flexibility index (Phi) is 2.38. The van der Waals surface area contributed by atoms with Crippen molar-refractivity contribution in [2.45, 2.75) is 0 Å². The van der Waals surface area contributed by atoms with Gasteiger partial charge in [-0.25, -0.2) is 4.68 Å². The lowest BCUT2D eigenvalue weighted by Gasteiger charge is -1.87. The Bertz CT molecular complexity index is 334. The van der Waals surface area contributed by atoms with Gasteiger partial charge in [-0.3, -0.25) is 0 Å². The van der Waals surface area contributed by atoms with Crippen molar-refractivity contribution < 1.29 is 4.84 Å². The molecular weight excluding hydrogens is 158 g/mol. The summed E-state index contributed by atoms with van der Waals surface area (Å²) in [6, 6.07) is 1.94. The molecule has 62 valence electrons. The molecule has 1 heterocycles. The second-order valence-electron chi connectivity index (χ2n) is 1.98. The van der Waals surface area contributed by atoms with E-state index >= 15 is 0 Å². The van der Waals surface area contributed by atoms with Crippen LogP contribution in [-0.2, 0) is 11.9 Å². The number of nitriles is 1. The zero-order valence-corrected chi connectivity index (χ0v) is 6.72. The van der Waals surface area contributed by atoms with Crippen molar-refractivity contribution in [3.8, 4) is 6.07 Å². The zero-order valence-electron chi connectivity index (χ0n) is 6.72. The molecule has 0 amide bonds. The lowest BCUT2D eigenvalue weighted by Crippen LogP contribution is -1.95. The molecule has 0 aliphatic rings. The first-order valence-electron chi connectivity index (χ1n) is 3.16. The Labute approximate surface area is 69.0 Å². The van der Waals surface area contributed by atoms with Gasteiger partial charge in [0.05, 0.1) is 6.21 Å². The summed E-state index contributed by atoms with van der Waals surface area (Å²) in [5, 5.41) is 19.4. The molecular formula is C6H7N5O. The molecule has 0 unspecified atom stereocenters. The molecule has 1 aromatic heterocycles. The van der Waals surface area contributed by atoms with E-state index in [1.165, 1.54) is 18.0 Å². The maximum atomic E-state index is 8.63. The van der Waals surface area contributed by atoms with Crippen LogP contribution in [0.15, 0.2) is 5.16 Å². The SMILES string of the molecule is CON=Cc1nnn(C)c1C#N. The minimum absolute atomic E-state index is 0.357. The highest BCUT2D eigenvalue weighted by molar-refractivity contribution is 5.79. The fourth-order valence-electron chi connectivity index (χ4n) is 0.692. The third-order valence-corrected chi connectivity index (χ3v) is 1.24. The van der Waals surface area contributed by atoms with E-state index in [0.717, 1.165) is 0 Å². The van der Waals surface area contributed by atoms with Crippen molar-refractivity contribution in [3.63, 3.8) is 0 Å². The minimum atomic E-state index is 0.357. The number of nitrogens with zero attached hydrogens (tertiary/aromatic N) is 5. The van der Waals surface area contributed by atoms with Crippen LogP contribution in [0.5, 0.6) is 0 Å². The summed E-state index contributed by atoms with van der Waals surface area (Å²) in [4.78, 5) is 4.44. The monoisotopic (exact) mass is 165 g/mol. The molecule has 0 aliphatic heterocycles. The first-order chi connectivity index (χ1) is 5.79. The van der Waals surface area contributed by atoms with Crippen molar-refractivity contribution in [1.29, 1.82) is 5.26 Å². The second-order valence-corrected chi connectivity index (χ2v) is 1.98. The van der Waals surface area contributed by atoms with Gasteiger partial charge in [0, 0.05) is 7.05 Å². The Balaban J connectivity index is 3.01. The van der Waals surface area contributed by atoms with Crippen molar-refractivity contribution in [1.82, 2.24) is 15.0 Å². The van der Waals surface area contributed by atoms with Crippen LogP contribution in [0.25, 0.3) is 0 Å². The van der Waals surface area contributed by atoms with E-state index in [4.69, 9.17) is 5.26 Å². The van der Waals surface area contributed by atoms with Crippen molar-refractivity contribution in [3.05, 3.63) is 11.4 Å². The van der Waals surface area contributed by atoms with Crippen LogP contribution in [0, 0.1) is 11.3 Å². The first-order valence-corrected chi connectivity index (χ1v) is 3.16. The molecule has 6 nitrogen and oxygen atoms in total. The van der Waals surface area contributed by atoms with Crippen LogP contribution in [0.3, 0.4) is 0 Å². The summed E-state index contributed by atoms with van der Waals surface area (Å²) in [5.41, 5.74) is 0.762. The molecule has 0 radical (unpaired) electrons. The maximum absolute atomic E-state index is 8.63. The fraction of sp³-hybridized carbons (Fsp3) is 0.333. The van der Waals surface area contributed by atoms with Crippen LogP contribution in [0.1, 0.15) is 11.4 Å². The second kappa shape index (κ2) is 3.48. The minimum Gasteiger partial charge on any atom is -0.399 e. The van der Waals surface area contributed by atoms with E-state index in [0.29, 0.717) is 11.4 Å². The highest BCUT2D eigenvalue weighted by atomic mass is 16.6. The summed E-state index contributed by atoms with van der Waals surface area (Å²) >= 11 is 0. The largest absolute Gasteiger partial charge is 0.399 e. The number of aromatic nitrogens is 3. The summed E-state index contributed by atoms with van der Waals surface area (Å²) < 4.78 is 1.37. The van der Waals surface area contributed by atoms with Gasteiger partial charge in [-0.15, -0.1) is 5.10 Å². The number of hydrogen-bond donors (Lipinski definition) is 0. The standard InChI is InChI=1S/C6H7N5O/c1-11-6(3-7)5(9-10-11)4-8-12-2/h4H,1-2H3. The van der Waals surface area contributed by atoms with Gasteiger partial charge in [-0.2, -0.15) is 5.26 Å². The molecule has 1 aromatic rings. The summed E-state index contributed by atoms with van der Waals surface area (Å²) in [7, 11) is 3.05. The quantitative estimate of drug-likeness (QED) is 0.444. The summed E-state index contributed by atoms with van der Waals surface area (Å²) in [6.45, 7) is 0. The molecule has 1 rings (SSSR count). The van der Waals surface area contributed by atoms with E-state index in [1.54, 1.807) is 7.05 Å². The Morgan fingerprint density at radius 1 is 1.75 bits per heavy atom. The Morgan fingerprint density at radius 3 is 3.08 bits per heavy atom. The van der Waals surface area contributed by atoms with Crippen molar-refractivity contribution in [2.24, 2.45) is 12.2 Å². The van der Waals surface area contributed by atoms with Crippen LogP contribution in [0.4, 0.5) is 0 Å².